The number of hydrogen-bond donors (Lipinski definition) is 2. The maximum atomic E-state index is 6.11. The molecule has 0 radical (unpaired) electrons. The lowest BCUT2D eigenvalue weighted by Crippen LogP contribution is -2.16. The second-order valence-corrected chi connectivity index (χ2v) is 4.72. The van der Waals surface area contributed by atoms with Gasteiger partial charge in [-0.3, -0.25) is 0 Å². The van der Waals surface area contributed by atoms with Crippen LogP contribution in [-0.4, -0.2) is 9.97 Å². The number of nitrogen functional groups attached to an aromatic ring is 1. The van der Waals surface area contributed by atoms with Crippen LogP contribution in [0.3, 0.4) is 0 Å². The second-order valence-electron chi connectivity index (χ2n) is 4.72. The summed E-state index contributed by atoms with van der Waals surface area (Å²) < 4.78 is 0. The van der Waals surface area contributed by atoms with Crippen molar-refractivity contribution in [2.75, 3.05) is 5.73 Å². The molecular weight excluding hydrogens is 224 g/mol. The quantitative estimate of drug-likeness (QED) is 0.866. The Balaban J connectivity index is 2.24. The lowest BCUT2D eigenvalue weighted by molar-refractivity contribution is 0.514. The van der Waals surface area contributed by atoms with Gasteiger partial charge in [-0.2, -0.15) is 0 Å². The summed E-state index contributed by atoms with van der Waals surface area (Å²) in [5.74, 6) is 0.716. The number of nitrogens with zero attached hydrogens (tertiary/aromatic N) is 2. The van der Waals surface area contributed by atoms with Crippen LogP contribution < -0.4 is 11.5 Å². The maximum Gasteiger partial charge on any atom is 0.219 e. The van der Waals surface area contributed by atoms with E-state index in [2.05, 4.69) is 35.9 Å². The Kier molecular flexibility index (Phi) is 3.58. The van der Waals surface area contributed by atoms with Gasteiger partial charge in [0.1, 0.15) is 0 Å². The van der Waals surface area contributed by atoms with Gasteiger partial charge in [0.25, 0.3) is 0 Å². The molecule has 0 aliphatic carbocycles. The summed E-state index contributed by atoms with van der Waals surface area (Å²) in [6.45, 7) is 4.23. The van der Waals surface area contributed by atoms with Crippen LogP contribution in [0.2, 0.25) is 0 Å². The minimum atomic E-state index is 0.0710. The van der Waals surface area contributed by atoms with Gasteiger partial charge in [-0.15, -0.1) is 0 Å². The molecular formula is C14H18N4. The molecule has 0 saturated carbocycles. The average molecular weight is 242 g/mol. The molecule has 0 saturated heterocycles. The second kappa shape index (κ2) is 5.14. The summed E-state index contributed by atoms with van der Waals surface area (Å²) in [7, 11) is 0. The fourth-order valence-electron chi connectivity index (χ4n) is 1.77. The molecule has 0 amide bonds. The average Bonchev–Trinajstić information content (AvgIpc) is 2.39. The molecule has 18 heavy (non-hydrogen) atoms. The Bertz CT molecular complexity index is 502. The fourth-order valence-corrected chi connectivity index (χ4v) is 1.77. The van der Waals surface area contributed by atoms with Gasteiger partial charge in [0.2, 0.25) is 5.95 Å². The summed E-state index contributed by atoms with van der Waals surface area (Å²) in [6, 6.07) is 8.24. The molecule has 4 heteroatoms. The van der Waals surface area contributed by atoms with Gasteiger partial charge in [-0.1, -0.05) is 38.1 Å². The summed E-state index contributed by atoms with van der Waals surface area (Å²) >= 11 is 0. The lowest BCUT2D eigenvalue weighted by Gasteiger charge is -2.16. The standard InChI is InChI=1S/C14H18N4/c1-9(2)13(15)11-5-3-10(4-6-11)12-7-17-14(16)18-8-12/h3-9,13H,15H2,1-2H3,(H2,16,17,18). The molecule has 1 heterocycles. The first kappa shape index (κ1) is 12.5. The van der Waals surface area contributed by atoms with Crippen molar-refractivity contribution in [3.8, 4) is 11.1 Å². The van der Waals surface area contributed by atoms with Crippen LogP contribution >= 0.6 is 0 Å². The van der Waals surface area contributed by atoms with Crippen LogP contribution in [0.4, 0.5) is 5.95 Å². The molecule has 0 spiro atoms. The molecule has 4 N–H and O–H groups in total. The first-order chi connectivity index (χ1) is 8.58. The van der Waals surface area contributed by atoms with Crippen molar-refractivity contribution in [2.45, 2.75) is 19.9 Å². The van der Waals surface area contributed by atoms with E-state index in [4.69, 9.17) is 11.5 Å². The smallest absolute Gasteiger partial charge is 0.219 e. The van der Waals surface area contributed by atoms with E-state index in [0.29, 0.717) is 5.92 Å². The number of rotatable bonds is 3. The Morgan fingerprint density at radius 2 is 1.50 bits per heavy atom. The zero-order valence-corrected chi connectivity index (χ0v) is 10.7. The van der Waals surface area contributed by atoms with E-state index in [1.807, 2.05) is 12.1 Å². The number of anilines is 1. The third-order valence-corrected chi connectivity index (χ3v) is 3.02. The van der Waals surface area contributed by atoms with Crippen LogP contribution in [0, 0.1) is 5.92 Å². The Hall–Kier alpha value is -1.94. The van der Waals surface area contributed by atoms with Gasteiger partial charge in [-0.05, 0) is 17.0 Å². The summed E-state index contributed by atoms with van der Waals surface area (Å²) in [5.41, 5.74) is 14.7. The van der Waals surface area contributed by atoms with Gasteiger partial charge in [0.15, 0.2) is 0 Å². The first-order valence-electron chi connectivity index (χ1n) is 6.01. The Labute approximate surface area is 107 Å². The number of benzene rings is 1. The van der Waals surface area contributed by atoms with Crippen LogP contribution in [-0.2, 0) is 0 Å². The van der Waals surface area contributed by atoms with Gasteiger partial charge in [0, 0.05) is 24.0 Å². The van der Waals surface area contributed by atoms with E-state index in [9.17, 15) is 0 Å². The lowest BCUT2D eigenvalue weighted by atomic mass is 9.95. The highest BCUT2D eigenvalue weighted by molar-refractivity contribution is 5.62. The Morgan fingerprint density at radius 1 is 0.944 bits per heavy atom. The zero-order chi connectivity index (χ0) is 13.1. The monoisotopic (exact) mass is 242 g/mol. The molecule has 2 rings (SSSR count). The predicted molar refractivity (Wildman–Crippen MR) is 73.6 cm³/mol. The van der Waals surface area contributed by atoms with Crippen molar-refractivity contribution in [3.63, 3.8) is 0 Å². The van der Waals surface area contributed by atoms with E-state index < -0.39 is 0 Å². The van der Waals surface area contributed by atoms with Crippen molar-refractivity contribution >= 4 is 5.95 Å². The minimum Gasteiger partial charge on any atom is -0.368 e. The molecule has 0 bridgehead atoms. The normalized spacial score (nSPS) is 12.7. The van der Waals surface area contributed by atoms with Crippen LogP contribution in [0.25, 0.3) is 11.1 Å². The number of hydrogen-bond acceptors (Lipinski definition) is 4. The molecule has 0 aliphatic rings. The first-order valence-corrected chi connectivity index (χ1v) is 6.01. The topological polar surface area (TPSA) is 77.8 Å². The maximum absolute atomic E-state index is 6.11. The summed E-state index contributed by atoms with van der Waals surface area (Å²) in [4.78, 5) is 7.97. The Morgan fingerprint density at radius 3 is 2.00 bits per heavy atom. The highest BCUT2D eigenvalue weighted by atomic mass is 15.0. The molecule has 1 aromatic heterocycles. The van der Waals surface area contributed by atoms with Gasteiger partial charge in [0.05, 0.1) is 0 Å². The van der Waals surface area contributed by atoms with Crippen LogP contribution in [0.5, 0.6) is 0 Å². The van der Waals surface area contributed by atoms with Gasteiger partial charge < -0.3 is 11.5 Å². The third kappa shape index (κ3) is 2.65. The summed E-state index contributed by atoms with van der Waals surface area (Å²) in [5, 5.41) is 0. The van der Waals surface area contributed by atoms with Crippen molar-refractivity contribution in [3.05, 3.63) is 42.2 Å². The highest BCUT2D eigenvalue weighted by Gasteiger charge is 2.10. The van der Waals surface area contributed by atoms with Crippen LogP contribution in [0.15, 0.2) is 36.7 Å². The van der Waals surface area contributed by atoms with Crippen LogP contribution in [0.1, 0.15) is 25.5 Å². The molecule has 1 unspecified atom stereocenters. The summed E-state index contributed by atoms with van der Waals surface area (Å²) in [6.07, 6.45) is 3.44. The number of nitrogens with two attached hydrogens (primary N) is 2. The van der Waals surface area contributed by atoms with E-state index in [1.165, 1.54) is 0 Å². The molecule has 2 aromatic rings. The molecule has 4 nitrogen and oxygen atoms in total. The highest BCUT2D eigenvalue weighted by Crippen LogP contribution is 2.23. The molecule has 1 aromatic carbocycles. The minimum absolute atomic E-state index is 0.0710. The zero-order valence-electron chi connectivity index (χ0n) is 10.7. The molecule has 0 fully saturated rings. The van der Waals surface area contributed by atoms with Crippen molar-refractivity contribution in [1.29, 1.82) is 0 Å². The van der Waals surface area contributed by atoms with Gasteiger partial charge in [-0.25, -0.2) is 9.97 Å². The van der Waals surface area contributed by atoms with E-state index in [0.717, 1.165) is 16.7 Å². The largest absolute Gasteiger partial charge is 0.368 e. The molecule has 94 valence electrons. The van der Waals surface area contributed by atoms with E-state index in [1.54, 1.807) is 12.4 Å². The van der Waals surface area contributed by atoms with Crippen molar-refractivity contribution in [1.82, 2.24) is 9.97 Å². The molecule has 1 atom stereocenters. The van der Waals surface area contributed by atoms with E-state index in [-0.39, 0.29) is 12.0 Å². The molecule has 0 aliphatic heterocycles. The SMILES string of the molecule is CC(C)C(N)c1ccc(-c2cnc(N)nc2)cc1. The number of aromatic nitrogens is 2. The third-order valence-electron chi connectivity index (χ3n) is 3.02. The van der Waals surface area contributed by atoms with Gasteiger partial charge >= 0.3 is 0 Å². The van der Waals surface area contributed by atoms with Crippen molar-refractivity contribution in [2.24, 2.45) is 11.7 Å². The predicted octanol–water partition coefficient (Wildman–Crippen LogP) is 2.38. The van der Waals surface area contributed by atoms with Crippen molar-refractivity contribution < 1.29 is 0 Å². The fraction of sp³-hybridized carbons (Fsp3) is 0.286. The van der Waals surface area contributed by atoms with E-state index >= 15 is 0 Å².